The monoisotopic (exact) mass is 318 g/mol. The zero-order valence-electron chi connectivity index (χ0n) is 12.6. The van der Waals surface area contributed by atoms with E-state index < -0.39 is 11.8 Å². The average Bonchev–Trinajstić information content (AvgIpc) is 3.19. The van der Waals surface area contributed by atoms with Crippen molar-refractivity contribution in [1.29, 1.82) is 0 Å². The van der Waals surface area contributed by atoms with E-state index in [9.17, 15) is 14.3 Å². The fourth-order valence-corrected chi connectivity index (χ4v) is 2.85. The molecule has 0 aliphatic heterocycles. The Kier molecular flexibility index (Phi) is 4.62. The van der Waals surface area contributed by atoms with Gasteiger partial charge >= 0.3 is 6.03 Å². The lowest BCUT2D eigenvalue weighted by molar-refractivity contribution is 0.177. The van der Waals surface area contributed by atoms with Gasteiger partial charge in [0, 0.05) is 12.1 Å². The van der Waals surface area contributed by atoms with Crippen molar-refractivity contribution < 1.29 is 18.7 Å². The summed E-state index contributed by atoms with van der Waals surface area (Å²) in [5.41, 5.74) is 0.786. The molecular weight excluding hydrogens is 299 g/mol. The van der Waals surface area contributed by atoms with Crippen molar-refractivity contribution in [2.45, 2.75) is 25.4 Å². The smallest absolute Gasteiger partial charge is 0.319 e. The maximum atomic E-state index is 13.9. The molecule has 1 aliphatic rings. The van der Waals surface area contributed by atoms with Crippen LogP contribution >= 0.6 is 0 Å². The predicted molar refractivity (Wildman–Crippen MR) is 84.5 cm³/mol. The topological polar surface area (TPSA) is 74.5 Å². The zero-order chi connectivity index (χ0) is 16.2. The van der Waals surface area contributed by atoms with Crippen molar-refractivity contribution in [2.75, 3.05) is 11.9 Å². The van der Waals surface area contributed by atoms with Crippen molar-refractivity contribution in [3.63, 3.8) is 0 Å². The van der Waals surface area contributed by atoms with Crippen LogP contribution in [-0.4, -0.2) is 23.8 Å². The molecular formula is C17H19FN2O3. The van der Waals surface area contributed by atoms with E-state index in [1.807, 2.05) is 0 Å². The van der Waals surface area contributed by atoms with Gasteiger partial charge in [0.05, 0.1) is 18.1 Å². The summed E-state index contributed by atoms with van der Waals surface area (Å²) in [4.78, 5) is 11.9. The molecule has 1 aliphatic carbocycles. The number of rotatable bonds is 4. The molecule has 0 unspecified atom stereocenters. The molecule has 2 atom stereocenters. The minimum atomic E-state index is -0.508. The third-order valence-electron chi connectivity index (χ3n) is 4.09. The summed E-state index contributed by atoms with van der Waals surface area (Å²) in [5.74, 6) is 0.371. The van der Waals surface area contributed by atoms with Gasteiger partial charge in [-0.25, -0.2) is 9.18 Å². The second kappa shape index (κ2) is 6.83. The molecule has 23 heavy (non-hydrogen) atoms. The van der Waals surface area contributed by atoms with Crippen LogP contribution in [0.4, 0.5) is 14.9 Å². The van der Waals surface area contributed by atoms with Gasteiger partial charge in [0.2, 0.25) is 0 Å². The Morgan fingerprint density at radius 1 is 1.35 bits per heavy atom. The lowest BCUT2D eigenvalue weighted by Crippen LogP contribution is -2.32. The van der Waals surface area contributed by atoms with E-state index in [2.05, 4.69) is 10.6 Å². The zero-order valence-corrected chi connectivity index (χ0v) is 12.6. The molecule has 5 nitrogen and oxygen atoms in total. The molecule has 0 bridgehead atoms. The van der Waals surface area contributed by atoms with Gasteiger partial charge in [-0.3, -0.25) is 0 Å². The summed E-state index contributed by atoms with van der Waals surface area (Å²) in [6.45, 7) is 0.475. The first-order valence-corrected chi connectivity index (χ1v) is 7.68. The number of carbonyl (C=O) groups excluding carboxylic acids is 1. The molecule has 6 heteroatoms. The predicted octanol–water partition coefficient (Wildman–Crippen LogP) is 3.37. The third-order valence-corrected chi connectivity index (χ3v) is 4.09. The molecule has 2 amide bonds. The number of halogens is 1. The van der Waals surface area contributed by atoms with Crippen LogP contribution in [-0.2, 0) is 0 Å². The van der Waals surface area contributed by atoms with Gasteiger partial charge < -0.3 is 20.2 Å². The molecule has 3 rings (SSSR count). The minimum Gasteiger partial charge on any atom is -0.464 e. The maximum Gasteiger partial charge on any atom is 0.319 e. The van der Waals surface area contributed by atoms with Gasteiger partial charge in [0.1, 0.15) is 11.6 Å². The number of amides is 2. The number of benzene rings is 1. The molecule has 0 saturated heterocycles. The largest absolute Gasteiger partial charge is 0.464 e. The van der Waals surface area contributed by atoms with Gasteiger partial charge in [0.15, 0.2) is 0 Å². The lowest BCUT2D eigenvalue weighted by atomic mass is 10.1. The van der Waals surface area contributed by atoms with Crippen LogP contribution in [0.25, 0.3) is 11.3 Å². The highest BCUT2D eigenvalue weighted by Gasteiger charge is 2.23. The number of aliphatic hydroxyl groups is 1. The van der Waals surface area contributed by atoms with Crippen molar-refractivity contribution in [3.8, 4) is 11.3 Å². The summed E-state index contributed by atoms with van der Waals surface area (Å²) >= 11 is 0. The summed E-state index contributed by atoms with van der Waals surface area (Å²) < 4.78 is 19.1. The van der Waals surface area contributed by atoms with E-state index in [1.165, 1.54) is 18.4 Å². The summed E-state index contributed by atoms with van der Waals surface area (Å²) in [7, 11) is 0. The van der Waals surface area contributed by atoms with Crippen LogP contribution in [0, 0.1) is 11.7 Å². The Morgan fingerprint density at radius 3 is 2.91 bits per heavy atom. The Morgan fingerprint density at radius 2 is 2.22 bits per heavy atom. The molecule has 1 aromatic heterocycles. The number of hydrogen-bond acceptors (Lipinski definition) is 3. The maximum absolute atomic E-state index is 13.9. The fraction of sp³-hybridized carbons (Fsp3) is 0.353. The van der Waals surface area contributed by atoms with Crippen molar-refractivity contribution in [2.24, 2.45) is 5.92 Å². The van der Waals surface area contributed by atoms with Crippen LogP contribution in [0.5, 0.6) is 0 Å². The van der Waals surface area contributed by atoms with Gasteiger partial charge in [0.25, 0.3) is 0 Å². The summed E-state index contributed by atoms with van der Waals surface area (Å²) in [6, 6.07) is 7.48. The van der Waals surface area contributed by atoms with Gasteiger partial charge in [-0.05, 0) is 55.5 Å². The highest BCUT2D eigenvalue weighted by Crippen LogP contribution is 2.26. The summed E-state index contributed by atoms with van der Waals surface area (Å²) in [5, 5.41) is 14.7. The molecule has 1 saturated carbocycles. The molecule has 1 fully saturated rings. The molecule has 2 aromatic rings. The average molecular weight is 318 g/mol. The molecule has 1 heterocycles. The molecule has 1 aromatic carbocycles. The van der Waals surface area contributed by atoms with E-state index in [4.69, 9.17) is 4.42 Å². The number of furan rings is 1. The van der Waals surface area contributed by atoms with Crippen molar-refractivity contribution in [3.05, 3.63) is 42.4 Å². The molecule has 3 N–H and O–H groups in total. The van der Waals surface area contributed by atoms with E-state index in [0.29, 0.717) is 24.3 Å². The van der Waals surface area contributed by atoms with E-state index in [-0.39, 0.29) is 17.7 Å². The van der Waals surface area contributed by atoms with Crippen molar-refractivity contribution in [1.82, 2.24) is 5.32 Å². The first-order chi connectivity index (χ1) is 11.1. The number of carbonyl (C=O) groups is 1. The number of urea groups is 1. The first-order valence-electron chi connectivity index (χ1n) is 7.68. The van der Waals surface area contributed by atoms with Crippen LogP contribution in [0.15, 0.2) is 41.0 Å². The van der Waals surface area contributed by atoms with Gasteiger partial charge in [-0.1, -0.05) is 0 Å². The molecule has 122 valence electrons. The highest BCUT2D eigenvalue weighted by molar-refractivity contribution is 5.90. The molecule has 0 spiro atoms. The normalized spacial score (nSPS) is 20.4. The molecule has 0 radical (unpaired) electrons. The van der Waals surface area contributed by atoms with E-state index in [0.717, 1.165) is 12.8 Å². The second-order valence-electron chi connectivity index (χ2n) is 5.84. The Labute approximate surface area is 133 Å². The second-order valence-corrected chi connectivity index (χ2v) is 5.84. The number of nitrogens with one attached hydrogen (secondary N) is 2. The van der Waals surface area contributed by atoms with E-state index >= 15 is 0 Å². The van der Waals surface area contributed by atoms with Crippen molar-refractivity contribution >= 4 is 11.7 Å². The first kappa shape index (κ1) is 15.6. The van der Waals surface area contributed by atoms with Crippen LogP contribution in [0.1, 0.15) is 19.3 Å². The quantitative estimate of drug-likeness (QED) is 0.809. The Balaban J connectivity index is 1.60. The van der Waals surface area contributed by atoms with Crippen LogP contribution in [0.3, 0.4) is 0 Å². The van der Waals surface area contributed by atoms with E-state index in [1.54, 1.807) is 18.2 Å². The Hall–Kier alpha value is -2.34. The Bertz CT molecular complexity index is 672. The standard InChI is InChI=1S/C17H19FN2O3/c18-14-6-4-12(16-2-1-7-23-16)9-15(14)20-17(22)19-10-11-3-5-13(21)8-11/h1-2,4,6-7,9,11,13,21H,3,5,8,10H2,(H2,19,20,22)/t11-,13+/m1/s1. The lowest BCUT2D eigenvalue weighted by Gasteiger charge is -2.12. The van der Waals surface area contributed by atoms with Gasteiger partial charge in [-0.15, -0.1) is 0 Å². The SMILES string of the molecule is O=C(NC[C@@H]1CC[C@H](O)C1)Nc1cc(-c2ccco2)ccc1F. The minimum absolute atomic E-state index is 0.0999. The van der Waals surface area contributed by atoms with Crippen LogP contribution in [0.2, 0.25) is 0 Å². The van der Waals surface area contributed by atoms with Crippen LogP contribution < -0.4 is 10.6 Å². The van der Waals surface area contributed by atoms with Gasteiger partial charge in [-0.2, -0.15) is 0 Å². The number of hydrogen-bond donors (Lipinski definition) is 3. The number of anilines is 1. The third kappa shape index (κ3) is 3.90. The summed E-state index contributed by atoms with van der Waals surface area (Å²) in [6.07, 6.45) is 3.63. The fourth-order valence-electron chi connectivity index (χ4n) is 2.85. The number of aliphatic hydroxyl groups excluding tert-OH is 1. The highest BCUT2D eigenvalue weighted by atomic mass is 19.1.